The van der Waals surface area contributed by atoms with Gasteiger partial charge < -0.3 is 14.3 Å². The molecule has 1 aliphatic carbocycles. The second kappa shape index (κ2) is 11.5. The SMILES string of the molecule is O=C(O)Cc1cccc(OC[C@H]2CCC=C2c2nc(-c3ccccc3)c(-c3ccccc3)o2)c1.[Na]. The van der Waals surface area contributed by atoms with E-state index in [9.17, 15) is 4.79 Å². The molecule has 171 valence electrons. The van der Waals surface area contributed by atoms with Crippen molar-refractivity contribution in [2.24, 2.45) is 5.92 Å². The predicted molar refractivity (Wildman–Crippen MR) is 137 cm³/mol. The van der Waals surface area contributed by atoms with E-state index in [1.54, 1.807) is 12.1 Å². The molecule has 0 saturated heterocycles. The van der Waals surface area contributed by atoms with Crippen molar-refractivity contribution in [1.82, 2.24) is 4.98 Å². The van der Waals surface area contributed by atoms with Crippen molar-refractivity contribution in [2.45, 2.75) is 19.3 Å². The van der Waals surface area contributed by atoms with Crippen LogP contribution < -0.4 is 4.74 Å². The number of aromatic nitrogens is 1. The molecule has 0 spiro atoms. The first-order valence-corrected chi connectivity index (χ1v) is 11.4. The summed E-state index contributed by atoms with van der Waals surface area (Å²) in [5, 5.41) is 9.04. The van der Waals surface area contributed by atoms with Crippen LogP contribution in [0.5, 0.6) is 5.75 Å². The zero-order valence-electron chi connectivity index (χ0n) is 19.7. The van der Waals surface area contributed by atoms with Crippen molar-refractivity contribution in [3.05, 3.63) is 102 Å². The van der Waals surface area contributed by atoms with E-state index in [4.69, 9.17) is 19.2 Å². The molecule has 0 bridgehead atoms. The summed E-state index contributed by atoms with van der Waals surface area (Å²) in [5.74, 6) is 1.35. The van der Waals surface area contributed by atoms with Gasteiger partial charge in [-0.05, 0) is 30.5 Å². The van der Waals surface area contributed by atoms with Gasteiger partial charge in [-0.2, -0.15) is 0 Å². The Balaban J connectivity index is 0.00000289. The van der Waals surface area contributed by atoms with Crippen LogP contribution in [0.4, 0.5) is 0 Å². The third kappa shape index (κ3) is 5.93. The Morgan fingerprint density at radius 3 is 2.40 bits per heavy atom. The van der Waals surface area contributed by atoms with Gasteiger partial charge in [-0.3, -0.25) is 4.79 Å². The maximum Gasteiger partial charge on any atom is 0.307 e. The van der Waals surface area contributed by atoms with Gasteiger partial charge in [0.1, 0.15) is 11.4 Å². The van der Waals surface area contributed by atoms with E-state index in [0.29, 0.717) is 18.2 Å². The van der Waals surface area contributed by atoms with Crippen LogP contribution in [0.1, 0.15) is 24.3 Å². The van der Waals surface area contributed by atoms with Crippen molar-refractivity contribution < 1.29 is 19.1 Å². The van der Waals surface area contributed by atoms with Crippen molar-refractivity contribution in [3.8, 4) is 28.3 Å². The molecule has 1 aliphatic rings. The van der Waals surface area contributed by atoms with Crippen molar-refractivity contribution in [3.63, 3.8) is 0 Å². The summed E-state index contributed by atoms with van der Waals surface area (Å²) in [6.07, 6.45) is 4.05. The molecule has 6 heteroatoms. The number of carboxylic acids is 1. The van der Waals surface area contributed by atoms with E-state index in [2.05, 4.69) is 6.08 Å². The molecule has 1 N–H and O–H groups in total. The first-order valence-electron chi connectivity index (χ1n) is 11.4. The summed E-state index contributed by atoms with van der Waals surface area (Å²) in [4.78, 5) is 16.0. The second-order valence-electron chi connectivity index (χ2n) is 8.39. The number of carboxylic acid groups (broad SMARTS) is 1. The van der Waals surface area contributed by atoms with Crippen LogP contribution in [0.3, 0.4) is 0 Å². The maximum absolute atomic E-state index is 11.0. The van der Waals surface area contributed by atoms with Crippen LogP contribution >= 0.6 is 0 Å². The molecule has 0 amide bonds. The second-order valence-corrected chi connectivity index (χ2v) is 8.39. The summed E-state index contributed by atoms with van der Waals surface area (Å²) in [5.41, 5.74) is 4.61. The Morgan fingerprint density at radius 1 is 0.971 bits per heavy atom. The van der Waals surface area contributed by atoms with Gasteiger partial charge in [0.25, 0.3) is 0 Å². The van der Waals surface area contributed by atoms with Crippen molar-refractivity contribution in [1.29, 1.82) is 0 Å². The molecule has 4 aromatic rings. The van der Waals surface area contributed by atoms with Crippen LogP contribution in [0.2, 0.25) is 0 Å². The Hall–Kier alpha value is -3.12. The fraction of sp³-hybridized carbons (Fsp3) is 0.172. The van der Waals surface area contributed by atoms with Crippen LogP contribution in [0.15, 0.2) is 95.4 Å². The van der Waals surface area contributed by atoms with Gasteiger partial charge in [0.15, 0.2) is 5.76 Å². The van der Waals surface area contributed by atoms with E-state index < -0.39 is 5.97 Å². The van der Waals surface area contributed by atoms with E-state index >= 15 is 0 Å². The van der Waals surface area contributed by atoms with E-state index in [-0.39, 0.29) is 41.9 Å². The number of hydrogen-bond acceptors (Lipinski definition) is 4. The molecule has 5 nitrogen and oxygen atoms in total. The molecular formula is C29H25NNaO4. The summed E-state index contributed by atoms with van der Waals surface area (Å²) in [6.45, 7) is 0.478. The average molecular weight is 475 g/mol. The Morgan fingerprint density at radius 2 is 1.69 bits per heavy atom. The molecule has 0 saturated carbocycles. The van der Waals surface area contributed by atoms with Crippen LogP contribution in [-0.4, -0.2) is 52.2 Å². The minimum absolute atomic E-state index is 0. The molecule has 1 aromatic heterocycles. The number of aliphatic carboxylic acids is 1. The summed E-state index contributed by atoms with van der Waals surface area (Å²) >= 11 is 0. The van der Waals surface area contributed by atoms with Gasteiger partial charge in [-0.25, -0.2) is 4.98 Å². The fourth-order valence-electron chi connectivity index (χ4n) is 4.33. The van der Waals surface area contributed by atoms with E-state index in [1.165, 1.54) is 0 Å². The quantitative estimate of drug-likeness (QED) is 0.311. The van der Waals surface area contributed by atoms with E-state index in [1.807, 2.05) is 72.8 Å². The van der Waals surface area contributed by atoms with Crippen molar-refractivity contribution >= 4 is 41.1 Å². The molecule has 0 unspecified atom stereocenters. The predicted octanol–water partition coefficient (Wildman–Crippen LogP) is 6.13. The largest absolute Gasteiger partial charge is 0.493 e. The monoisotopic (exact) mass is 474 g/mol. The van der Waals surface area contributed by atoms with Gasteiger partial charge in [-0.15, -0.1) is 0 Å². The van der Waals surface area contributed by atoms with Gasteiger partial charge in [0.05, 0.1) is 13.0 Å². The van der Waals surface area contributed by atoms with Crippen LogP contribution in [0, 0.1) is 5.92 Å². The molecule has 0 fully saturated rings. The Bertz CT molecular complexity index is 1260. The summed E-state index contributed by atoms with van der Waals surface area (Å²) in [7, 11) is 0. The third-order valence-corrected chi connectivity index (χ3v) is 5.98. The topological polar surface area (TPSA) is 72.6 Å². The number of allylic oxidation sites excluding steroid dienone is 1. The number of benzene rings is 3. The standard InChI is InChI=1S/C29H25NO4.Na/c31-26(32)18-20-9-7-15-24(17-20)33-19-23-14-8-16-25(23)29-30-27(21-10-3-1-4-11-21)28(34-29)22-12-5-2-6-13-22;/h1-7,9-13,15-17,23H,8,14,18-19H2,(H,31,32);/t23-;/m1./s1. The zero-order valence-corrected chi connectivity index (χ0v) is 21.7. The number of ether oxygens (including phenoxy) is 1. The smallest absolute Gasteiger partial charge is 0.307 e. The van der Waals surface area contributed by atoms with E-state index in [0.717, 1.165) is 46.6 Å². The van der Waals surface area contributed by atoms with Gasteiger partial charge in [-0.1, -0.05) is 78.9 Å². The normalized spacial score (nSPS) is 14.7. The molecule has 35 heavy (non-hydrogen) atoms. The molecule has 5 rings (SSSR count). The number of oxazole rings is 1. The number of carbonyl (C=O) groups is 1. The third-order valence-electron chi connectivity index (χ3n) is 5.98. The number of hydrogen-bond donors (Lipinski definition) is 1. The first kappa shape index (κ1) is 25.0. The first-order chi connectivity index (χ1) is 16.7. The molecule has 0 aliphatic heterocycles. The average Bonchev–Trinajstić information content (AvgIpc) is 3.51. The van der Waals surface area contributed by atoms with Gasteiger partial charge in [0, 0.05) is 52.2 Å². The van der Waals surface area contributed by atoms with Gasteiger partial charge in [0.2, 0.25) is 5.89 Å². The van der Waals surface area contributed by atoms with Crippen molar-refractivity contribution in [2.75, 3.05) is 6.61 Å². The number of nitrogens with zero attached hydrogens (tertiary/aromatic N) is 1. The Kier molecular flexibility index (Phi) is 8.24. The maximum atomic E-state index is 11.0. The molecule has 1 heterocycles. The minimum atomic E-state index is -0.856. The van der Waals surface area contributed by atoms with Gasteiger partial charge >= 0.3 is 5.97 Å². The minimum Gasteiger partial charge on any atom is -0.493 e. The fourth-order valence-corrected chi connectivity index (χ4v) is 4.33. The Labute approximate surface area is 226 Å². The van der Waals surface area contributed by atoms with Crippen LogP contribution in [0.25, 0.3) is 28.2 Å². The summed E-state index contributed by atoms with van der Waals surface area (Å²) in [6, 6.07) is 27.4. The van der Waals surface area contributed by atoms with Crippen LogP contribution in [-0.2, 0) is 11.2 Å². The molecule has 1 radical (unpaired) electrons. The molecular weight excluding hydrogens is 449 g/mol. The zero-order chi connectivity index (χ0) is 23.3. The molecule has 1 atom stereocenters. The number of rotatable bonds is 8. The molecule has 3 aromatic carbocycles. The summed E-state index contributed by atoms with van der Waals surface area (Å²) < 4.78 is 12.5.